The molecule has 0 aliphatic rings. The van der Waals surface area contributed by atoms with Crippen molar-refractivity contribution in [2.75, 3.05) is 6.54 Å². The topological polar surface area (TPSA) is 63.3 Å². The molecule has 0 saturated heterocycles. The van der Waals surface area contributed by atoms with Gasteiger partial charge in [-0.05, 0) is 32.4 Å². The van der Waals surface area contributed by atoms with Gasteiger partial charge in [-0.2, -0.15) is 0 Å². The van der Waals surface area contributed by atoms with Gasteiger partial charge >= 0.3 is 5.97 Å². The van der Waals surface area contributed by atoms with Crippen LogP contribution in [0, 0.1) is 11.6 Å². The van der Waals surface area contributed by atoms with E-state index in [1.54, 1.807) is 0 Å². The van der Waals surface area contributed by atoms with E-state index in [0.717, 1.165) is 6.07 Å². The van der Waals surface area contributed by atoms with Gasteiger partial charge in [0, 0.05) is 5.56 Å². The van der Waals surface area contributed by atoms with Gasteiger partial charge in [-0.25, -0.2) is 8.78 Å². The highest BCUT2D eigenvalue weighted by Gasteiger charge is 2.37. The number of hydrogen-bond acceptors (Lipinski definition) is 2. The third-order valence-corrected chi connectivity index (χ3v) is 2.90. The summed E-state index contributed by atoms with van der Waals surface area (Å²) >= 11 is 0. The number of nitrogens with two attached hydrogens (primary N) is 1. The molecule has 1 rings (SSSR count). The monoisotopic (exact) mass is 243 g/mol. The van der Waals surface area contributed by atoms with Crippen molar-refractivity contribution in [2.24, 2.45) is 5.73 Å². The van der Waals surface area contributed by atoms with Crippen LogP contribution in [0.5, 0.6) is 0 Å². The Morgan fingerprint density at radius 3 is 2.65 bits per heavy atom. The summed E-state index contributed by atoms with van der Waals surface area (Å²) in [6.07, 6.45) is 0.595. The number of halogens is 2. The fourth-order valence-electron chi connectivity index (χ4n) is 1.74. The Morgan fingerprint density at radius 1 is 1.47 bits per heavy atom. The number of carboxylic acid groups (broad SMARTS) is 1. The maximum Gasteiger partial charge on any atom is 0.313 e. The Balaban J connectivity index is 3.22. The van der Waals surface area contributed by atoms with Gasteiger partial charge in [0.25, 0.3) is 0 Å². The third kappa shape index (κ3) is 2.61. The first kappa shape index (κ1) is 13.6. The molecule has 0 heterocycles. The summed E-state index contributed by atoms with van der Waals surface area (Å²) < 4.78 is 26.7. The lowest BCUT2D eigenvalue weighted by atomic mass is 9.78. The van der Waals surface area contributed by atoms with E-state index in [1.165, 1.54) is 19.1 Å². The Labute approximate surface area is 98.2 Å². The van der Waals surface area contributed by atoms with Gasteiger partial charge < -0.3 is 10.8 Å². The van der Waals surface area contributed by atoms with Gasteiger partial charge in [0.1, 0.15) is 0 Å². The van der Waals surface area contributed by atoms with Gasteiger partial charge in [-0.15, -0.1) is 0 Å². The predicted molar refractivity (Wildman–Crippen MR) is 59.6 cm³/mol. The SMILES string of the molecule is CC(CCCN)(C(=O)O)c1cccc(F)c1F. The van der Waals surface area contributed by atoms with E-state index < -0.39 is 23.0 Å². The molecule has 1 aromatic rings. The largest absolute Gasteiger partial charge is 0.481 e. The van der Waals surface area contributed by atoms with E-state index in [1.807, 2.05) is 0 Å². The molecule has 0 saturated carbocycles. The van der Waals surface area contributed by atoms with Gasteiger partial charge in [0.2, 0.25) is 0 Å². The molecule has 0 spiro atoms. The second-order valence-electron chi connectivity index (χ2n) is 4.13. The zero-order chi connectivity index (χ0) is 13.1. The Morgan fingerprint density at radius 2 is 2.12 bits per heavy atom. The van der Waals surface area contributed by atoms with Crippen LogP contribution in [0.1, 0.15) is 25.3 Å². The molecule has 0 fully saturated rings. The molecule has 3 nitrogen and oxygen atoms in total. The van der Waals surface area contributed by atoms with Crippen LogP contribution >= 0.6 is 0 Å². The maximum absolute atomic E-state index is 13.6. The van der Waals surface area contributed by atoms with Crippen LogP contribution in [-0.4, -0.2) is 17.6 Å². The Kier molecular flexibility index (Phi) is 4.17. The molecule has 1 unspecified atom stereocenters. The van der Waals surface area contributed by atoms with E-state index in [4.69, 9.17) is 5.73 Å². The number of benzene rings is 1. The minimum absolute atomic E-state index is 0.140. The Hall–Kier alpha value is -1.49. The maximum atomic E-state index is 13.6. The van der Waals surface area contributed by atoms with Crippen LogP contribution in [0.25, 0.3) is 0 Å². The van der Waals surface area contributed by atoms with Gasteiger partial charge in [-0.1, -0.05) is 12.1 Å². The highest BCUT2D eigenvalue weighted by Crippen LogP contribution is 2.32. The molecular formula is C12H15F2NO2. The molecule has 0 radical (unpaired) electrons. The third-order valence-electron chi connectivity index (χ3n) is 2.90. The number of carbonyl (C=O) groups is 1. The van der Waals surface area contributed by atoms with E-state index >= 15 is 0 Å². The fourth-order valence-corrected chi connectivity index (χ4v) is 1.74. The lowest BCUT2D eigenvalue weighted by Gasteiger charge is -2.25. The molecule has 0 aliphatic heterocycles. The first-order valence-electron chi connectivity index (χ1n) is 5.31. The molecule has 0 amide bonds. The van der Waals surface area contributed by atoms with Crippen molar-refractivity contribution in [2.45, 2.75) is 25.2 Å². The highest BCUT2D eigenvalue weighted by atomic mass is 19.2. The summed E-state index contributed by atoms with van der Waals surface area (Å²) in [6, 6.07) is 3.56. The van der Waals surface area contributed by atoms with Crippen molar-refractivity contribution < 1.29 is 18.7 Å². The molecule has 0 aliphatic carbocycles. The number of aliphatic carboxylic acids is 1. The van der Waals surface area contributed by atoms with Crippen LogP contribution in [0.15, 0.2) is 18.2 Å². The molecule has 1 aromatic carbocycles. The predicted octanol–water partition coefficient (Wildman–Crippen LogP) is 2.05. The van der Waals surface area contributed by atoms with Crippen LogP contribution in [-0.2, 0) is 10.2 Å². The van der Waals surface area contributed by atoms with E-state index in [-0.39, 0.29) is 12.0 Å². The highest BCUT2D eigenvalue weighted by molar-refractivity contribution is 5.80. The summed E-state index contributed by atoms with van der Waals surface area (Å²) in [6.45, 7) is 1.68. The number of rotatable bonds is 5. The van der Waals surface area contributed by atoms with Crippen LogP contribution < -0.4 is 5.73 Å². The van der Waals surface area contributed by atoms with Crippen molar-refractivity contribution in [3.05, 3.63) is 35.4 Å². The van der Waals surface area contributed by atoms with Gasteiger partial charge in [-0.3, -0.25) is 4.79 Å². The molecule has 3 N–H and O–H groups in total. The van der Waals surface area contributed by atoms with Crippen LogP contribution in [0.4, 0.5) is 8.78 Å². The van der Waals surface area contributed by atoms with Gasteiger partial charge in [0.15, 0.2) is 11.6 Å². The number of carboxylic acids is 1. The summed E-state index contributed by atoms with van der Waals surface area (Å²) in [7, 11) is 0. The minimum atomic E-state index is -1.45. The van der Waals surface area contributed by atoms with Crippen LogP contribution in [0.3, 0.4) is 0 Å². The second-order valence-corrected chi connectivity index (χ2v) is 4.13. The first-order valence-corrected chi connectivity index (χ1v) is 5.31. The molecule has 5 heteroatoms. The minimum Gasteiger partial charge on any atom is -0.481 e. The molecular weight excluding hydrogens is 228 g/mol. The zero-order valence-electron chi connectivity index (χ0n) is 9.54. The van der Waals surface area contributed by atoms with Crippen molar-refractivity contribution in [3.8, 4) is 0 Å². The van der Waals surface area contributed by atoms with Gasteiger partial charge in [0.05, 0.1) is 5.41 Å². The zero-order valence-corrected chi connectivity index (χ0v) is 9.54. The van der Waals surface area contributed by atoms with E-state index in [9.17, 15) is 18.7 Å². The molecule has 0 aromatic heterocycles. The van der Waals surface area contributed by atoms with Crippen LogP contribution in [0.2, 0.25) is 0 Å². The smallest absolute Gasteiger partial charge is 0.313 e. The quantitative estimate of drug-likeness (QED) is 0.831. The summed E-state index contributed by atoms with van der Waals surface area (Å²) in [5.41, 5.74) is 3.73. The summed E-state index contributed by atoms with van der Waals surface area (Å²) in [5, 5.41) is 9.20. The molecule has 1 atom stereocenters. The molecule has 94 valence electrons. The molecule has 0 bridgehead atoms. The average Bonchev–Trinajstić information content (AvgIpc) is 2.29. The van der Waals surface area contributed by atoms with E-state index in [2.05, 4.69) is 0 Å². The van der Waals surface area contributed by atoms with E-state index in [0.29, 0.717) is 13.0 Å². The van der Waals surface area contributed by atoms with Crippen molar-refractivity contribution in [1.29, 1.82) is 0 Å². The molecule has 17 heavy (non-hydrogen) atoms. The lowest BCUT2D eigenvalue weighted by Crippen LogP contribution is -2.34. The second kappa shape index (κ2) is 5.23. The summed E-state index contributed by atoms with van der Waals surface area (Å²) in [4.78, 5) is 11.3. The normalized spacial score (nSPS) is 14.4. The lowest BCUT2D eigenvalue weighted by molar-refractivity contribution is -0.143. The fraction of sp³-hybridized carbons (Fsp3) is 0.417. The van der Waals surface area contributed by atoms with Crippen molar-refractivity contribution in [3.63, 3.8) is 0 Å². The van der Waals surface area contributed by atoms with Crippen molar-refractivity contribution >= 4 is 5.97 Å². The average molecular weight is 243 g/mol. The Bertz CT molecular complexity index is 423. The standard InChI is InChI=1S/C12H15F2NO2/c1-12(11(16)17,6-3-7-15)8-4-2-5-9(13)10(8)14/h2,4-5H,3,6-7,15H2,1H3,(H,16,17). The van der Waals surface area contributed by atoms with Crippen molar-refractivity contribution in [1.82, 2.24) is 0 Å². The number of hydrogen-bond donors (Lipinski definition) is 2. The summed E-state index contributed by atoms with van der Waals surface area (Å²) in [5.74, 6) is -3.33. The first-order chi connectivity index (χ1) is 7.93.